The third-order valence-electron chi connectivity index (χ3n) is 3.68. The second-order valence-corrected chi connectivity index (χ2v) is 6.08. The van der Waals surface area contributed by atoms with Gasteiger partial charge in [-0.25, -0.2) is 4.79 Å². The highest BCUT2D eigenvalue weighted by Gasteiger charge is 2.38. The van der Waals surface area contributed by atoms with Crippen LogP contribution in [-0.4, -0.2) is 22.8 Å². The minimum Gasteiger partial charge on any atom is -0.330 e. The predicted molar refractivity (Wildman–Crippen MR) is 85.5 cm³/mol. The third-order valence-corrected chi connectivity index (χ3v) is 3.68. The summed E-state index contributed by atoms with van der Waals surface area (Å²) in [5, 5.41) is 0.565. The summed E-state index contributed by atoms with van der Waals surface area (Å²) >= 11 is 0. The van der Waals surface area contributed by atoms with Gasteiger partial charge >= 0.3 is 5.97 Å². The van der Waals surface area contributed by atoms with Gasteiger partial charge in [-0.15, -0.1) is 0 Å². The fourth-order valence-corrected chi connectivity index (χ4v) is 2.43. The summed E-state index contributed by atoms with van der Waals surface area (Å²) < 4.78 is 0. The van der Waals surface area contributed by atoms with E-state index in [1.807, 2.05) is 20.8 Å². The van der Waals surface area contributed by atoms with Crippen molar-refractivity contribution in [3.63, 3.8) is 0 Å². The number of hydrogen-bond donors (Lipinski definition) is 0. The molecule has 0 radical (unpaired) electrons. The van der Waals surface area contributed by atoms with E-state index in [0.717, 1.165) is 12.8 Å². The number of hydrogen-bond acceptors (Lipinski definition) is 4. The molecule has 0 bridgehead atoms. The van der Waals surface area contributed by atoms with E-state index in [9.17, 15) is 14.4 Å². The molecule has 1 atom stereocenters. The van der Waals surface area contributed by atoms with Gasteiger partial charge in [0.05, 0.1) is 17.5 Å². The van der Waals surface area contributed by atoms with Crippen molar-refractivity contribution >= 4 is 17.8 Å². The highest BCUT2D eigenvalue weighted by atomic mass is 16.7. The number of amides is 2. The normalized spacial score (nSPS) is 14.5. The van der Waals surface area contributed by atoms with Crippen LogP contribution in [0, 0.1) is 5.92 Å². The van der Waals surface area contributed by atoms with Gasteiger partial charge in [0.25, 0.3) is 11.8 Å². The van der Waals surface area contributed by atoms with Gasteiger partial charge in [-0.05, 0) is 44.7 Å². The van der Waals surface area contributed by atoms with Crippen LogP contribution in [0.4, 0.5) is 0 Å². The number of fused-ring (bicyclic) bond motifs is 1. The van der Waals surface area contributed by atoms with Crippen LogP contribution < -0.4 is 0 Å². The lowest BCUT2D eigenvalue weighted by Gasteiger charge is -2.14. The molecule has 2 amide bonds. The number of hydroxylamine groups is 2. The maximum atomic E-state index is 12.1. The van der Waals surface area contributed by atoms with Gasteiger partial charge in [-0.3, -0.25) is 9.59 Å². The number of imide groups is 1. The lowest BCUT2D eigenvalue weighted by Crippen LogP contribution is -2.33. The Bertz CT molecular complexity index is 624. The maximum Gasteiger partial charge on any atom is 0.333 e. The molecule has 5 nitrogen and oxygen atoms in total. The molecule has 0 aromatic heterocycles. The molecule has 0 saturated carbocycles. The Balaban J connectivity index is 1.90. The van der Waals surface area contributed by atoms with Crippen LogP contribution in [-0.2, 0) is 9.63 Å². The number of rotatable bonds is 6. The first kappa shape index (κ1) is 16.9. The molecular weight excluding hydrogens is 294 g/mol. The van der Waals surface area contributed by atoms with Crippen molar-refractivity contribution in [1.82, 2.24) is 5.06 Å². The zero-order valence-electron chi connectivity index (χ0n) is 13.7. The van der Waals surface area contributed by atoms with E-state index >= 15 is 0 Å². The fourth-order valence-electron chi connectivity index (χ4n) is 2.43. The average molecular weight is 315 g/mol. The summed E-state index contributed by atoms with van der Waals surface area (Å²) in [5.74, 6) is -1.62. The molecule has 1 aromatic rings. The van der Waals surface area contributed by atoms with Crippen molar-refractivity contribution in [1.29, 1.82) is 0 Å². The Hall–Kier alpha value is -2.43. The zero-order chi connectivity index (χ0) is 17.0. The molecule has 23 heavy (non-hydrogen) atoms. The first-order valence-corrected chi connectivity index (χ1v) is 7.72. The van der Waals surface area contributed by atoms with E-state index in [-0.39, 0.29) is 23.5 Å². The van der Waals surface area contributed by atoms with E-state index in [1.165, 1.54) is 5.57 Å². The molecule has 1 aliphatic heterocycles. The van der Waals surface area contributed by atoms with Crippen LogP contribution in [0.2, 0.25) is 0 Å². The van der Waals surface area contributed by atoms with Crippen molar-refractivity contribution in [2.24, 2.45) is 5.92 Å². The Kier molecular flexibility index (Phi) is 5.32. The quantitative estimate of drug-likeness (QED) is 0.595. The van der Waals surface area contributed by atoms with Gasteiger partial charge in [0, 0.05) is 0 Å². The standard InChI is InChI=1S/C18H21NO4/c1-12(2)7-6-8-13(3)11-16(20)23-19-17(21)14-9-4-5-10-15(14)18(19)22/h4-5,7,9-10,13H,6,8,11H2,1-3H3. The number of benzene rings is 1. The summed E-state index contributed by atoms with van der Waals surface area (Å²) in [4.78, 5) is 41.2. The summed E-state index contributed by atoms with van der Waals surface area (Å²) in [6.07, 6.45) is 4.03. The van der Waals surface area contributed by atoms with E-state index in [4.69, 9.17) is 4.84 Å². The van der Waals surface area contributed by atoms with Gasteiger partial charge in [-0.1, -0.05) is 35.8 Å². The number of allylic oxidation sites excluding steroid dienone is 2. The van der Waals surface area contributed by atoms with E-state index in [2.05, 4.69) is 6.08 Å². The van der Waals surface area contributed by atoms with Crippen molar-refractivity contribution in [3.05, 3.63) is 47.0 Å². The summed E-state index contributed by atoms with van der Waals surface area (Å²) in [6, 6.07) is 6.43. The second kappa shape index (κ2) is 7.22. The largest absolute Gasteiger partial charge is 0.333 e. The van der Waals surface area contributed by atoms with E-state index in [1.54, 1.807) is 24.3 Å². The smallest absolute Gasteiger partial charge is 0.330 e. The van der Waals surface area contributed by atoms with Gasteiger partial charge in [0.2, 0.25) is 0 Å². The molecule has 2 rings (SSSR count). The molecule has 122 valence electrons. The Morgan fingerprint density at radius 2 is 1.74 bits per heavy atom. The first-order valence-electron chi connectivity index (χ1n) is 7.72. The Morgan fingerprint density at radius 3 is 2.26 bits per heavy atom. The fraction of sp³-hybridized carbons (Fsp3) is 0.389. The minimum absolute atomic E-state index is 0.119. The zero-order valence-corrected chi connectivity index (χ0v) is 13.7. The van der Waals surface area contributed by atoms with Gasteiger partial charge in [0.15, 0.2) is 0 Å². The summed E-state index contributed by atoms with van der Waals surface area (Å²) in [6.45, 7) is 6.00. The molecule has 1 aliphatic rings. The number of carbonyl (C=O) groups excluding carboxylic acids is 3. The number of carbonyl (C=O) groups is 3. The average Bonchev–Trinajstić information content (AvgIpc) is 2.72. The number of nitrogens with zero attached hydrogens (tertiary/aromatic N) is 1. The highest BCUT2D eigenvalue weighted by molar-refractivity contribution is 6.20. The lowest BCUT2D eigenvalue weighted by atomic mass is 10.0. The van der Waals surface area contributed by atoms with Crippen molar-refractivity contribution < 1.29 is 19.2 Å². The molecule has 0 N–H and O–H groups in total. The molecule has 1 unspecified atom stereocenters. The molecule has 1 aromatic carbocycles. The molecular formula is C18H21NO4. The maximum absolute atomic E-state index is 12.1. The van der Waals surface area contributed by atoms with Gasteiger partial charge in [0.1, 0.15) is 0 Å². The second-order valence-electron chi connectivity index (χ2n) is 6.08. The van der Waals surface area contributed by atoms with Crippen molar-refractivity contribution in [3.8, 4) is 0 Å². The van der Waals surface area contributed by atoms with Crippen LogP contribution in [0.1, 0.15) is 60.7 Å². The minimum atomic E-state index is -0.587. The highest BCUT2D eigenvalue weighted by Crippen LogP contribution is 2.23. The molecule has 0 spiro atoms. The monoisotopic (exact) mass is 315 g/mol. The van der Waals surface area contributed by atoms with Gasteiger partial charge in [-0.2, -0.15) is 0 Å². The molecule has 0 saturated heterocycles. The van der Waals surface area contributed by atoms with Crippen LogP contribution in [0.5, 0.6) is 0 Å². The first-order chi connectivity index (χ1) is 10.9. The Labute approximate surface area is 135 Å². The van der Waals surface area contributed by atoms with Crippen LogP contribution >= 0.6 is 0 Å². The van der Waals surface area contributed by atoms with Gasteiger partial charge < -0.3 is 4.84 Å². The summed E-state index contributed by atoms with van der Waals surface area (Å²) in [5.41, 5.74) is 1.77. The SMILES string of the molecule is CC(C)=CCCC(C)CC(=O)ON1C(=O)c2ccccc2C1=O. The van der Waals surface area contributed by atoms with Crippen LogP contribution in [0.15, 0.2) is 35.9 Å². The molecule has 0 aliphatic carbocycles. The molecule has 5 heteroatoms. The van der Waals surface area contributed by atoms with E-state index < -0.39 is 17.8 Å². The van der Waals surface area contributed by atoms with E-state index in [0.29, 0.717) is 5.06 Å². The van der Waals surface area contributed by atoms with Crippen LogP contribution in [0.25, 0.3) is 0 Å². The molecule has 0 fully saturated rings. The topological polar surface area (TPSA) is 63.7 Å². The van der Waals surface area contributed by atoms with Crippen molar-refractivity contribution in [2.45, 2.75) is 40.0 Å². The van der Waals surface area contributed by atoms with Crippen LogP contribution in [0.3, 0.4) is 0 Å². The predicted octanol–water partition coefficient (Wildman–Crippen LogP) is 3.51. The summed E-state index contributed by atoms with van der Waals surface area (Å²) in [7, 11) is 0. The lowest BCUT2D eigenvalue weighted by molar-refractivity contribution is -0.169. The van der Waals surface area contributed by atoms with Crippen molar-refractivity contribution in [2.75, 3.05) is 0 Å². The Morgan fingerprint density at radius 1 is 1.17 bits per heavy atom. The third kappa shape index (κ3) is 4.06. The molecule has 1 heterocycles.